The Morgan fingerprint density at radius 1 is 1.13 bits per heavy atom. The molecule has 1 unspecified atom stereocenters. The van der Waals surface area contributed by atoms with Gasteiger partial charge in [0, 0.05) is 44.8 Å². The summed E-state index contributed by atoms with van der Waals surface area (Å²) in [4.78, 5) is 16.9. The van der Waals surface area contributed by atoms with Gasteiger partial charge in [0.2, 0.25) is 5.91 Å². The summed E-state index contributed by atoms with van der Waals surface area (Å²) in [5.74, 6) is 2.04. The number of hydrogen-bond donors (Lipinski definition) is 1. The predicted octanol–water partition coefficient (Wildman–Crippen LogP) is 3.11. The summed E-state index contributed by atoms with van der Waals surface area (Å²) in [7, 11) is 1.71. The van der Waals surface area contributed by atoms with Crippen molar-refractivity contribution in [3.63, 3.8) is 0 Å². The normalized spacial score (nSPS) is 19.8. The fourth-order valence-corrected chi connectivity index (χ4v) is 4.66. The van der Waals surface area contributed by atoms with Gasteiger partial charge in [0.15, 0.2) is 0 Å². The summed E-state index contributed by atoms with van der Waals surface area (Å²) < 4.78 is 11.4. The van der Waals surface area contributed by atoms with Crippen LogP contribution >= 0.6 is 0 Å². The molecule has 2 heterocycles. The Morgan fingerprint density at radius 3 is 2.71 bits per heavy atom. The quantitative estimate of drug-likeness (QED) is 0.774. The first-order valence-electron chi connectivity index (χ1n) is 11.2. The van der Waals surface area contributed by atoms with Crippen molar-refractivity contribution in [3.8, 4) is 11.5 Å². The average Bonchev–Trinajstić information content (AvgIpc) is 2.95. The van der Waals surface area contributed by atoms with Crippen LogP contribution in [0.25, 0.3) is 0 Å². The molecule has 0 spiro atoms. The van der Waals surface area contributed by atoms with E-state index in [-0.39, 0.29) is 11.9 Å². The standard InChI is InChI=1S/C25H33N3O3/c1-4-22-25(29)26-9-10-28(22)16-20-6-8-24-21(14-20)17-27(11-12-31-24)15-19-5-7-23(30-3)18(2)13-19/h5-8,13-14,22H,4,9-12,15-17H2,1-3H3,(H,26,29). The van der Waals surface area contributed by atoms with Crippen molar-refractivity contribution in [3.05, 3.63) is 58.7 Å². The number of nitrogens with zero attached hydrogens (tertiary/aromatic N) is 2. The fraction of sp³-hybridized carbons (Fsp3) is 0.480. The molecule has 1 amide bonds. The third-order valence-corrected chi connectivity index (χ3v) is 6.26. The number of piperazine rings is 1. The van der Waals surface area contributed by atoms with Crippen LogP contribution in [-0.4, -0.2) is 55.1 Å². The molecule has 0 bridgehead atoms. The Kier molecular flexibility index (Phi) is 6.78. The highest BCUT2D eigenvalue weighted by Gasteiger charge is 2.28. The van der Waals surface area contributed by atoms with Gasteiger partial charge >= 0.3 is 0 Å². The number of carbonyl (C=O) groups is 1. The van der Waals surface area contributed by atoms with E-state index in [1.807, 2.05) is 6.07 Å². The van der Waals surface area contributed by atoms with Crippen LogP contribution in [0.5, 0.6) is 11.5 Å². The summed E-state index contributed by atoms with van der Waals surface area (Å²) in [5.41, 5.74) is 4.89. The average molecular weight is 424 g/mol. The lowest BCUT2D eigenvalue weighted by atomic mass is 10.0. The predicted molar refractivity (Wildman–Crippen MR) is 121 cm³/mol. The fourth-order valence-electron chi connectivity index (χ4n) is 4.66. The van der Waals surface area contributed by atoms with Gasteiger partial charge in [0.1, 0.15) is 18.1 Å². The molecule has 1 saturated heterocycles. The van der Waals surface area contributed by atoms with Crippen molar-refractivity contribution < 1.29 is 14.3 Å². The Bertz CT molecular complexity index is 930. The molecule has 2 aliphatic heterocycles. The maximum Gasteiger partial charge on any atom is 0.237 e. The van der Waals surface area contributed by atoms with Gasteiger partial charge in [-0.2, -0.15) is 0 Å². The first-order chi connectivity index (χ1) is 15.1. The van der Waals surface area contributed by atoms with Crippen molar-refractivity contribution in [2.24, 2.45) is 0 Å². The molecule has 1 N–H and O–H groups in total. The minimum absolute atomic E-state index is 0.0429. The lowest BCUT2D eigenvalue weighted by Crippen LogP contribution is -2.54. The van der Waals surface area contributed by atoms with Crippen molar-refractivity contribution in [1.82, 2.24) is 15.1 Å². The Balaban J connectivity index is 1.47. The van der Waals surface area contributed by atoms with E-state index in [1.54, 1.807) is 7.11 Å². The maximum absolute atomic E-state index is 12.2. The summed E-state index contributed by atoms with van der Waals surface area (Å²) in [5, 5.41) is 2.98. The lowest BCUT2D eigenvalue weighted by Gasteiger charge is -2.34. The molecule has 2 aromatic rings. The molecular weight excluding hydrogens is 390 g/mol. The monoisotopic (exact) mass is 423 g/mol. The van der Waals surface area contributed by atoms with Crippen LogP contribution in [0.3, 0.4) is 0 Å². The minimum atomic E-state index is -0.0429. The molecule has 1 atom stereocenters. The molecule has 0 radical (unpaired) electrons. The van der Waals surface area contributed by atoms with Gasteiger partial charge in [-0.15, -0.1) is 0 Å². The topological polar surface area (TPSA) is 54.0 Å². The van der Waals surface area contributed by atoms with E-state index in [9.17, 15) is 4.79 Å². The Morgan fingerprint density at radius 2 is 1.94 bits per heavy atom. The van der Waals surface area contributed by atoms with Gasteiger partial charge < -0.3 is 14.8 Å². The van der Waals surface area contributed by atoms with Crippen LogP contribution in [0.2, 0.25) is 0 Å². The van der Waals surface area contributed by atoms with Crippen molar-refractivity contribution in [2.45, 2.75) is 45.9 Å². The zero-order chi connectivity index (χ0) is 21.8. The molecule has 6 heteroatoms. The van der Waals surface area contributed by atoms with Crippen molar-refractivity contribution in [2.75, 3.05) is 33.4 Å². The second-order valence-corrected chi connectivity index (χ2v) is 8.49. The smallest absolute Gasteiger partial charge is 0.237 e. The van der Waals surface area contributed by atoms with Gasteiger partial charge in [-0.1, -0.05) is 25.1 Å². The van der Waals surface area contributed by atoms with Crippen LogP contribution in [0.4, 0.5) is 0 Å². The van der Waals surface area contributed by atoms with Gasteiger partial charge in [-0.25, -0.2) is 0 Å². The number of aryl methyl sites for hydroxylation is 1. The zero-order valence-corrected chi connectivity index (χ0v) is 18.8. The second-order valence-electron chi connectivity index (χ2n) is 8.49. The molecule has 4 rings (SSSR count). The Hall–Kier alpha value is -2.57. The molecule has 6 nitrogen and oxygen atoms in total. The van der Waals surface area contributed by atoms with E-state index in [4.69, 9.17) is 9.47 Å². The van der Waals surface area contributed by atoms with Gasteiger partial charge in [0.05, 0.1) is 13.2 Å². The highest BCUT2D eigenvalue weighted by molar-refractivity contribution is 5.82. The number of methoxy groups -OCH3 is 1. The van der Waals surface area contributed by atoms with E-state index < -0.39 is 0 Å². The minimum Gasteiger partial charge on any atom is -0.496 e. The number of ether oxygens (including phenoxy) is 2. The van der Waals surface area contributed by atoms with Crippen LogP contribution in [0, 0.1) is 6.92 Å². The second kappa shape index (κ2) is 9.71. The van der Waals surface area contributed by atoms with Gasteiger partial charge in [0.25, 0.3) is 0 Å². The molecule has 0 saturated carbocycles. The molecule has 2 aromatic carbocycles. The highest BCUT2D eigenvalue weighted by atomic mass is 16.5. The lowest BCUT2D eigenvalue weighted by molar-refractivity contribution is -0.129. The van der Waals surface area contributed by atoms with Crippen LogP contribution < -0.4 is 14.8 Å². The number of benzene rings is 2. The van der Waals surface area contributed by atoms with E-state index in [0.29, 0.717) is 6.61 Å². The number of carbonyl (C=O) groups excluding carboxylic acids is 1. The maximum atomic E-state index is 12.2. The Labute approximate surface area is 185 Å². The summed E-state index contributed by atoms with van der Waals surface area (Å²) in [6.45, 7) is 9.86. The molecule has 0 aliphatic carbocycles. The number of hydrogen-bond acceptors (Lipinski definition) is 5. The first-order valence-corrected chi connectivity index (χ1v) is 11.2. The van der Waals surface area contributed by atoms with Crippen LogP contribution in [0.1, 0.15) is 35.6 Å². The SMILES string of the molecule is CCC1C(=O)NCCN1Cc1ccc2c(c1)CN(Cc1ccc(OC)c(C)c1)CCO2. The molecule has 2 aliphatic rings. The van der Waals surface area contributed by atoms with E-state index >= 15 is 0 Å². The third kappa shape index (κ3) is 5.02. The zero-order valence-electron chi connectivity index (χ0n) is 18.8. The van der Waals surface area contributed by atoms with Crippen molar-refractivity contribution in [1.29, 1.82) is 0 Å². The molecule has 31 heavy (non-hydrogen) atoms. The van der Waals surface area contributed by atoms with E-state index in [1.165, 1.54) is 16.7 Å². The van der Waals surface area contributed by atoms with Gasteiger partial charge in [-0.05, 0) is 48.2 Å². The molecule has 0 aromatic heterocycles. The first kappa shape index (κ1) is 21.7. The number of nitrogens with one attached hydrogen (secondary N) is 1. The van der Waals surface area contributed by atoms with E-state index in [0.717, 1.165) is 62.8 Å². The highest BCUT2D eigenvalue weighted by Crippen LogP contribution is 2.27. The molecular formula is C25H33N3O3. The molecule has 1 fully saturated rings. The third-order valence-electron chi connectivity index (χ3n) is 6.26. The number of rotatable bonds is 6. The van der Waals surface area contributed by atoms with E-state index in [2.05, 4.69) is 59.3 Å². The number of fused-ring (bicyclic) bond motifs is 1. The summed E-state index contributed by atoms with van der Waals surface area (Å²) in [6, 6.07) is 12.8. The number of amides is 1. The van der Waals surface area contributed by atoms with Gasteiger partial charge in [-0.3, -0.25) is 14.6 Å². The molecule has 166 valence electrons. The van der Waals surface area contributed by atoms with Crippen molar-refractivity contribution >= 4 is 5.91 Å². The largest absolute Gasteiger partial charge is 0.496 e. The summed E-state index contributed by atoms with van der Waals surface area (Å²) in [6.07, 6.45) is 0.828. The van der Waals surface area contributed by atoms with Crippen LogP contribution in [0.15, 0.2) is 36.4 Å². The summed E-state index contributed by atoms with van der Waals surface area (Å²) >= 11 is 0. The van der Waals surface area contributed by atoms with Crippen LogP contribution in [-0.2, 0) is 24.4 Å².